The average molecular weight is 241 g/mol. The Hall–Kier alpha value is -1.56. The molecule has 0 radical (unpaired) electrons. The van der Waals surface area contributed by atoms with E-state index in [2.05, 4.69) is 15.6 Å². The smallest absolute Gasteiger partial charge is 0.322 e. The topological polar surface area (TPSA) is 87.4 Å². The van der Waals surface area contributed by atoms with Gasteiger partial charge >= 0.3 is 12.0 Å². The van der Waals surface area contributed by atoms with Gasteiger partial charge in [-0.2, -0.15) is 4.98 Å². The third-order valence-electron chi connectivity index (χ3n) is 2.48. The van der Waals surface area contributed by atoms with Gasteiger partial charge in [0, 0.05) is 13.2 Å². The van der Waals surface area contributed by atoms with E-state index in [1.807, 2.05) is 13.8 Å². The predicted molar refractivity (Wildman–Crippen MR) is 63.9 cm³/mol. The van der Waals surface area contributed by atoms with E-state index in [0.29, 0.717) is 18.7 Å². The number of amides is 2. The van der Waals surface area contributed by atoms with Gasteiger partial charge in [0.1, 0.15) is 5.76 Å². The van der Waals surface area contributed by atoms with E-state index in [4.69, 9.17) is 9.52 Å². The summed E-state index contributed by atoms with van der Waals surface area (Å²) in [6, 6.07) is -0.150. The van der Waals surface area contributed by atoms with Crippen molar-refractivity contribution in [2.75, 3.05) is 18.5 Å². The van der Waals surface area contributed by atoms with Gasteiger partial charge in [-0.1, -0.05) is 6.92 Å². The molecule has 0 aromatic carbocycles. The van der Waals surface area contributed by atoms with Gasteiger partial charge in [0.2, 0.25) is 0 Å². The van der Waals surface area contributed by atoms with Gasteiger partial charge in [0.15, 0.2) is 0 Å². The van der Waals surface area contributed by atoms with Gasteiger partial charge < -0.3 is 14.8 Å². The number of aromatic nitrogens is 1. The summed E-state index contributed by atoms with van der Waals surface area (Å²) in [5.74, 6) is 0.924. The zero-order valence-electron chi connectivity index (χ0n) is 10.4. The highest BCUT2D eigenvalue weighted by atomic mass is 16.4. The van der Waals surface area contributed by atoms with Crippen molar-refractivity contribution in [1.82, 2.24) is 10.3 Å². The van der Waals surface area contributed by atoms with Crippen molar-refractivity contribution in [3.8, 4) is 0 Å². The lowest BCUT2D eigenvalue weighted by Crippen LogP contribution is -2.32. The number of anilines is 1. The molecule has 0 aliphatic rings. The first-order chi connectivity index (χ1) is 8.02. The monoisotopic (exact) mass is 241 g/mol. The van der Waals surface area contributed by atoms with Crippen LogP contribution in [-0.2, 0) is 0 Å². The molecule has 6 heteroatoms. The first kappa shape index (κ1) is 13.5. The second-order valence-corrected chi connectivity index (χ2v) is 4.11. The highest BCUT2D eigenvalue weighted by molar-refractivity contribution is 5.86. The standard InChI is InChI=1S/C11H19N3O3/c1-7(4-5-15)6-12-10(16)14-11-13-8(2)9(3)17-11/h7,15H,4-6H2,1-3H3,(H2,12,13,14,16). The molecule has 0 saturated heterocycles. The van der Waals surface area contributed by atoms with E-state index in [1.165, 1.54) is 0 Å². The summed E-state index contributed by atoms with van der Waals surface area (Å²) in [6.45, 7) is 6.18. The van der Waals surface area contributed by atoms with E-state index in [9.17, 15) is 4.79 Å². The number of aliphatic hydroxyl groups excluding tert-OH is 1. The maximum atomic E-state index is 11.5. The van der Waals surface area contributed by atoms with Crippen LogP contribution in [0.3, 0.4) is 0 Å². The summed E-state index contributed by atoms with van der Waals surface area (Å²) in [5, 5.41) is 13.9. The highest BCUT2D eigenvalue weighted by Crippen LogP contribution is 2.12. The van der Waals surface area contributed by atoms with Crippen LogP contribution in [0.2, 0.25) is 0 Å². The number of nitrogens with one attached hydrogen (secondary N) is 2. The molecular weight excluding hydrogens is 222 g/mol. The summed E-state index contributed by atoms with van der Waals surface area (Å²) >= 11 is 0. The maximum Gasteiger partial charge on any atom is 0.322 e. The SMILES string of the molecule is Cc1nc(NC(=O)NCC(C)CCO)oc1C. The Balaban J connectivity index is 2.34. The fourth-order valence-corrected chi connectivity index (χ4v) is 1.26. The molecule has 6 nitrogen and oxygen atoms in total. The van der Waals surface area contributed by atoms with Crippen molar-refractivity contribution in [2.45, 2.75) is 27.2 Å². The van der Waals surface area contributed by atoms with Crippen molar-refractivity contribution < 1.29 is 14.3 Å². The molecule has 0 bridgehead atoms. The first-order valence-corrected chi connectivity index (χ1v) is 5.62. The summed E-state index contributed by atoms with van der Waals surface area (Å²) in [5.41, 5.74) is 0.758. The van der Waals surface area contributed by atoms with Crippen LogP contribution in [0.15, 0.2) is 4.42 Å². The second-order valence-electron chi connectivity index (χ2n) is 4.11. The molecule has 3 N–H and O–H groups in total. The molecule has 0 saturated carbocycles. The molecule has 0 fully saturated rings. The third kappa shape index (κ3) is 4.44. The van der Waals surface area contributed by atoms with E-state index in [0.717, 1.165) is 5.69 Å². The Morgan fingerprint density at radius 2 is 2.24 bits per heavy atom. The van der Waals surface area contributed by atoms with Gasteiger partial charge in [-0.15, -0.1) is 0 Å². The normalized spacial score (nSPS) is 12.2. The number of carbonyl (C=O) groups excluding carboxylic acids is 1. The Labute approximate surface area is 100 Å². The van der Waals surface area contributed by atoms with Gasteiger partial charge in [-0.3, -0.25) is 5.32 Å². The van der Waals surface area contributed by atoms with Gasteiger partial charge in [-0.25, -0.2) is 4.79 Å². The van der Waals surface area contributed by atoms with Crippen LogP contribution in [0.5, 0.6) is 0 Å². The lowest BCUT2D eigenvalue weighted by molar-refractivity contribution is 0.242. The maximum absolute atomic E-state index is 11.5. The number of carbonyl (C=O) groups is 1. The summed E-state index contributed by atoms with van der Waals surface area (Å²) in [6.07, 6.45) is 0.664. The lowest BCUT2D eigenvalue weighted by atomic mass is 10.1. The molecule has 1 unspecified atom stereocenters. The quantitative estimate of drug-likeness (QED) is 0.727. The van der Waals surface area contributed by atoms with Crippen LogP contribution in [0.1, 0.15) is 24.8 Å². The number of nitrogens with zero attached hydrogens (tertiary/aromatic N) is 1. The fourth-order valence-electron chi connectivity index (χ4n) is 1.26. The van der Waals surface area contributed by atoms with E-state index in [1.54, 1.807) is 6.92 Å². The predicted octanol–water partition coefficient (Wildman–Crippen LogP) is 1.43. The van der Waals surface area contributed by atoms with Crippen LogP contribution >= 0.6 is 0 Å². The molecular formula is C11H19N3O3. The highest BCUT2D eigenvalue weighted by Gasteiger charge is 2.10. The number of urea groups is 1. The molecule has 96 valence electrons. The first-order valence-electron chi connectivity index (χ1n) is 5.62. The Morgan fingerprint density at radius 3 is 2.76 bits per heavy atom. The van der Waals surface area contributed by atoms with Crippen molar-refractivity contribution in [2.24, 2.45) is 5.92 Å². The molecule has 1 heterocycles. The van der Waals surface area contributed by atoms with Crippen LogP contribution < -0.4 is 10.6 Å². The molecule has 1 aromatic rings. The number of oxazole rings is 1. The summed E-state index contributed by atoms with van der Waals surface area (Å²) in [7, 11) is 0. The zero-order chi connectivity index (χ0) is 12.8. The van der Waals surface area contributed by atoms with Gasteiger partial charge in [0.05, 0.1) is 5.69 Å². The van der Waals surface area contributed by atoms with E-state index < -0.39 is 0 Å². The summed E-state index contributed by atoms with van der Waals surface area (Å²) < 4.78 is 5.22. The Kier molecular flexibility index (Phi) is 4.96. The number of aryl methyl sites for hydroxylation is 2. The van der Waals surface area contributed by atoms with Crippen molar-refractivity contribution in [1.29, 1.82) is 0 Å². The molecule has 17 heavy (non-hydrogen) atoms. The second kappa shape index (κ2) is 6.24. The van der Waals surface area contributed by atoms with Gasteiger partial charge in [-0.05, 0) is 26.2 Å². The summed E-state index contributed by atoms with van der Waals surface area (Å²) in [4.78, 5) is 15.5. The molecule has 0 aliphatic heterocycles. The minimum absolute atomic E-state index is 0.128. The van der Waals surface area contributed by atoms with Crippen molar-refractivity contribution in [3.63, 3.8) is 0 Å². The zero-order valence-corrected chi connectivity index (χ0v) is 10.4. The molecule has 1 rings (SSSR count). The van der Waals surface area contributed by atoms with Crippen LogP contribution in [0, 0.1) is 19.8 Å². The van der Waals surface area contributed by atoms with Crippen LogP contribution in [-0.4, -0.2) is 29.3 Å². The molecule has 1 atom stereocenters. The molecule has 0 aliphatic carbocycles. The average Bonchev–Trinajstić information content (AvgIpc) is 2.55. The Bertz CT molecular complexity index is 357. The third-order valence-corrected chi connectivity index (χ3v) is 2.48. The molecule has 0 spiro atoms. The molecule has 2 amide bonds. The number of aliphatic hydroxyl groups is 1. The fraction of sp³-hybridized carbons (Fsp3) is 0.636. The number of hydrogen-bond acceptors (Lipinski definition) is 4. The minimum Gasteiger partial charge on any atom is -0.428 e. The van der Waals surface area contributed by atoms with Crippen LogP contribution in [0.4, 0.5) is 10.8 Å². The lowest BCUT2D eigenvalue weighted by Gasteiger charge is -2.10. The largest absolute Gasteiger partial charge is 0.428 e. The number of rotatable bonds is 5. The van der Waals surface area contributed by atoms with Crippen molar-refractivity contribution in [3.05, 3.63) is 11.5 Å². The number of hydrogen-bond donors (Lipinski definition) is 3. The van der Waals surface area contributed by atoms with E-state index >= 15 is 0 Å². The van der Waals surface area contributed by atoms with E-state index in [-0.39, 0.29) is 24.6 Å². The van der Waals surface area contributed by atoms with Gasteiger partial charge in [0.25, 0.3) is 0 Å². The minimum atomic E-state index is -0.351. The van der Waals surface area contributed by atoms with Crippen molar-refractivity contribution >= 4 is 12.0 Å². The Morgan fingerprint density at radius 1 is 1.53 bits per heavy atom. The molecule has 1 aromatic heterocycles. The van der Waals surface area contributed by atoms with Crippen LogP contribution in [0.25, 0.3) is 0 Å².